The molecule has 0 unspecified atom stereocenters. The van der Waals surface area contributed by atoms with E-state index in [0.29, 0.717) is 6.47 Å². The molecule has 0 aliphatic carbocycles. The Morgan fingerprint density at radius 3 is 2.86 bits per heavy atom. The molecule has 0 aliphatic heterocycles. The SMILES string of the molecule is Cc1c(OC=O)nnc2ccccc12. The Morgan fingerprint density at radius 2 is 2.07 bits per heavy atom. The molecule has 1 aromatic carbocycles. The summed E-state index contributed by atoms with van der Waals surface area (Å²) < 4.78 is 4.69. The third-order valence-corrected chi connectivity index (χ3v) is 2.04. The van der Waals surface area contributed by atoms with Gasteiger partial charge in [0.05, 0.1) is 5.52 Å². The molecule has 2 aromatic rings. The summed E-state index contributed by atoms with van der Waals surface area (Å²) in [6.07, 6.45) is 0. The Labute approximate surface area is 80.5 Å². The number of rotatable bonds is 2. The van der Waals surface area contributed by atoms with Gasteiger partial charge in [0.2, 0.25) is 5.88 Å². The Morgan fingerprint density at radius 1 is 1.29 bits per heavy atom. The van der Waals surface area contributed by atoms with Crippen LogP contribution in [0.2, 0.25) is 0 Å². The van der Waals surface area contributed by atoms with Crippen molar-refractivity contribution in [1.29, 1.82) is 0 Å². The molecule has 0 fully saturated rings. The maximum Gasteiger partial charge on any atom is 0.299 e. The van der Waals surface area contributed by atoms with Crippen molar-refractivity contribution in [2.24, 2.45) is 0 Å². The van der Waals surface area contributed by atoms with Crippen LogP contribution in [0.5, 0.6) is 5.88 Å². The fraction of sp³-hybridized carbons (Fsp3) is 0.100. The van der Waals surface area contributed by atoms with Crippen molar-refractivity contribution in [3.8, 4) is 5.88 Å². The van der Waals surface area contributed by atoms with Crippen LogP contribution >= 0.6 is 0 Å². The molecule has 0 radical (unpaired) electrons. The third kappa shape index (κ3) is 1.31. The van der Waals surface area contributed by atoms with Crippen LogP contribution in [0.4, 0.5) is 0 Å². The first kappa shape index (κ1) is 8.62. The van der Waals surface area contributed by atoms with E-state index in [1.165, 1.54) is 0 Å². The number of nitrogens with zero attached hydrogens (tertiary/aromatic N) is 2. The maximum absolute atomic E-state index is 10.2. The number of hydrogen-bond acceptors (Lipinski definition) is 4. The molecule has 4 nitrogen and oxygen atoms in total. The van der Waals surface area contributed by atoms with Gasteiger partial charge in [0.1, 0.15) is 0 Å². The zero-order valence-corrected chi connectivity index (χ0v) is 7.60. The summed E-state index contributed by atoms with van der Waals surface area (Å²) in [5.74, 6) is 0.263. The lowest BCUT2D eigenvalue weighted by Crippen LogP contribution is -1.97. The van der Waals surface area contributed by atoms with Gasteiger partial charge in [-0.3, -0.25) is 4.79 Å². The molecular weight excluding hydrogens is 180 g/mol. The van der Waals surface area contributed by atoms with Crippen LogP contribution in [-0.2, 0) is 4.79 Å². The summed E-state index contributed by atoms with van der Waals surface area (Å²) in [6, 6.07) is 7.56. The molecule has 0 spiro atoms. The van der Waals surface area contributed by atoms with Crippen LogP contribution in [0.3, 0.4) is 0 Å². The van der Waals surface area contributed by atoms with Gasteiger partial charge in [0.25, 0.3) is 6.47 Å². The van der Waals surface area contributed by atoms with Gasteiger partial charge in [-0.2, -0.15) is 0 Å². The molecule has 0 aliphatic rings. The van der Waals surface area contributed by atoms with Gasteiger partial charge >= 0.3 is 0 Å². The van der Waals surface area contributed by atoms with E-state index < -0.39 is 0 Å². The number of benzene rings is 1. The van der Waals surface area contributed by atoms with Crippen molar-refractivity contribution in [1.82, 2.24) is 10.2 Å². The van der Waals surface area contributed by atoms with Gasteiger partial charge in [0, 0.05) is 10.9 Å². The molecule has 0 bridgehead atoms. The zero-order chi connectivity index (χ0) is 9.97. The van der Waals surface area contributed by atoms with Gasteiger partial charge in [-0.1, -0.05) is 18.2 Å². The van der Waals surface area contributed by atoms with E-state index in [2.05, 4.69) is 10.2 Å². The first-order chi connectivity index (χ1) is 6.83. The van der Waals surface area contributed by atoms with E-state index in [1.807, 2.05) is 31.2 Å². The number of fused-ring (bicyclic) bond motifs is 1. The maximum atomic E-state index is 10.2. The Bertz CT molecular complexity index is 483. The second-order valence-corrected chi connectivity index (χ2v) is 2.86. The molecule has 2 rings (SSSR count). The summed E-state index contributed by atoms with van der Waals surface area (Å²) in [4.78, 5) is 10.2. The first-order valence-electron chi connectivity index (χ1n) is 4.15. The molecule has 0 atom stereocenters. The van der Waals surface area contributed by atoms with Crippen molar-refractivity contribution in [3.05, 3.63) is 29.8 Å². The lowest BCUT2D eigenvalue weighted by Gasteiger charge is -2.03. The van der Waals surface area contributed by atoms with Crippen molar-refractivity contribution in [3.63, 3.8) is 0 Å². The molecule has 70 valence electrons. The van der Waals surface area contributed by atoms with Crippen molar-refractivity contribution >= 4 is 17.4 Å². The van der Waals surface area contributed by atoms with Crippen LogP contribution < -0.4 is 4.74 Å². The average molecular weight is 188 g/mol. The van der Waals surface area contributed by atoms with Gasteiger partial charge in [-0.15, -0.1) is 10.2 Å². The summed E-state index contributed by atoms with van der Waals surface area (Å²) >= 11 is 0. The standard InChI is InChI=1S/C10H8N2O2/c1-7-8-4-2-3-5-9(8)11-12-10(7)14-6-13/h2-6H,1H3. The number of aromatic nitrogens is 2. The number of aryl methyl sites for hydroxylation is 1. The molecule has 1 heterocycles. The van der Waals surface area contributed by atoms with E-state index in [0.717, 1.165) is 16.5 Å². The van der Waals surface area contributed by atoms with Gasteiger partial charge in [-0.05, 0) is 13.0 Å². The number of carbonyl (C=O) groups excluding carboxylic acids is 1. The smallest absolute Gasteiger partial charge is 0.299 e. The van der Waals surface area contributed by atoms with Gasteiger partial charge in [0.15, 0.2) is 0 Å². The highest BCUT2D eigenvalue weighted by atomic mass is 16.5. The lowest BCUT2D eigenvalue weighted by atomic mass is 10.1. The first-order valence-corrected chi connectivity index (χ1v) is 4.15. The largest absolute Gasteiger partial charge is 0.408 e. The Balaban J connectivity index is 2.68. The normalized spacial score (nSPS) is 10.1. The zero-order valence-electron chi connectivity index (χ0n) is 7.60. The predicted molar refractivity (Wildman–Crippen MR) is 51.0 cm³/mol. The number of carbonyl (C=O) groups is 1. The second-order valence-electron chi connectivity index (χ2n) is 2.86. The highest BCUT2D eigenvalue weighted by Gasteiger charge is 2.06. The number of ether oxygens (including phenoxy) is 1. The van der Waals surface area contributed by atoms with Crippen molar-refractivity contribution < 1.29 is 9.53 Å². The summed E-state index contributed by atoms with van der Waals surface area (Å²) in [5.41, 5.74) is 1.62. The van der Waals surface area contributed by atoms with Gasteiger partial charge < -0.3 is 4.74 Å². The van der Waals surface area contributed by atoms with Crippen LogP contribution in [-0.4, -0.2) is 16.7 Å². The van der Waals surface area contributed by atoms with Crippen molar-refractivity contribution in [2.45, 2.75) is 6.92 Å². The summed E-state index contributed by atoms with van der Waals surface area (Å²) in [5, 5.41) is 8.66. The van der Waals surface area contributed by atoms with E-state index in [4.69, 9.17) is 4.74 Å². The molecule has 0 amide bonds. The minimum absolute atomic E-state index is 0.263. The predicted octanol–water partition coefficient (Wildman–Crippen LogP) is 1.47. The van der Waals surface area contributed by atoms with Crippen molar-refractivity contribution in [2.75, 3.05) is 0 Å². The lowest BCUT2D eigenvalue weighted by molar-refractivity contribution is -0.121. The fourth-order valence-corrected chi connectivity index (χ4v) is 1.32. The van der Waals surface area contributed by atoms with Crippen LogP contribution in [0.25, 0.3) is 10.9 Å². The van der Waals surface area contributed by atoms with E-state index >= 15 is 0 Å². The molecule has 4 heteroatoms. The Kier molecular flexibility index (Phi) is 2.10. The van der Waals surface area contributed by atoms with E-state index in [-0.39, 0.29) is 5.88 Å². The Hall–Kier alpha value is -1.97. The summed E-state index contributed by atoms with van der Waals surface area (Å²) in [7, 11) is 0. The monoisotopic (exact) mass is 188 g/mol. The van der Waals surface area contributed by atoms with Crippen LogP contribution in [0, 0.1) is 6.92 Å². The highest BCUT2D eigenvalue weighted by Crippen LogP contribution is 2.21. The molecular formula is C10H8N2O2. The highest BCUT2D eigenvalue weighted by molar-refractivity contribution is 5.82. The van der Waals surface area contributed by atoms with Crippen LogP contribution in [0.15, 0.2) is 24.3 Å². The third-order valence-electron chi connectivity index (χ3n) is 2.04. The second kappa shape index (κ2) is 3.41. The van der Waals surface area contributed by atoms with E-state index in [1.54, 1.807) is 0 Å². The van der Waals surface area contributed by atoms with Gasteiger partial charge in [-0.25, -0.2) is 0 Å². The quantitative estimate of drug-likeness (QED) is 0.670. The molecule has 14 heavy (non-hydrogen) atoms. The number of hydrogen-bond donors (Lipinski definition) is 0. The van der Waals surface area contributed by atoms with E-state index in [9.17, 15) is 4.79 Å². The average Bonchev–Trinajstić information content (AvgIpc) is 2.23. The molecule has 0 saturated carbocycles. The fourth-order valence-electron chi connectivity index (χ4n) is 1.32. The molecule has 0 saturated heterocycles. The molecule has 1 aromatic heterocycles. The molecule has 0 N–H and O–H groups in total. The minimum Gasteiger partial charge on any atom is -0.408 e. The summed E-state index contributed by atoms with van der Waals surface area (Å²) in [6.45, 7) is 2.20. The topological polar surface area (TPSA) is 52.1 Å². The van der Waals surface area contributed by atoms with Crippen LogP contribution in [0.1, 0.15) is 5.56 Å². The minimum atomic E-state index is 0.263.